The molecule has 3 atom stereocenters. The number of anilines is 2. The number of piperidine rings is 1. The van der Waals surface area contributed by atoms with E-state index in [1.165, 1.54) is 12.0 Å². The number of aliphatic imine (C=N–C) groups is 2. The van der Waals surface area contributed by atoms with Crippen molar-refractivity contribution in [2.45, 2.75) is 44.6 Å². The van der Waals surface area contributed by atoms with E-state index in [2.05, 4.69) is 67.0 Å². The molecule has 2 bridgehead atoms. The zero-order valence-corrected chi connectivity index (χ0v) is 25.0. The van der Waals surface area contributed by atoms with E-state index in [4.69, 9.17) is 9.72 Å². The van der Waals surface area contributed by atoms with Crippen molar-refractivity contribution in [2.24, 2.45) is 9.98 Å². The molecule has 3 aromatic rings. The second kappa shape index (κ2) is 11.5. The smallest absolute Gasteiger partial charge is 0.219 e. The summed E-state index contributed by atoms with van der Waals surface area (Å²) in [7, 11) is 1.71. The maximum Gasteiger partial charge on any atom is 0.219 e. The van der Waals surface area contributed by atoms with Gasteiger partial charge in [0.25, 0.3) is 0 Å². The Kier molecular flexibility index (Phi) is 7.44. The molecule has 8 rings (SSSR count). The van der Waals surface area contributed by atoms with Crippen LogP contribution in [-0.2, 0) is 16.1 Å². The van der Waals surface area contributed by atoms with Crippen molar-refractivity contribution in [3.8, 4) is 11.1 Å². The average molecular weight is 582 g/mol. The zero-order valence-electron chi connectivity index (χ0n) is 25.0. The van der Waals surface area contributed by atoms with Crippen LogP contribution in [0.4, 0.5) is 11.5 Å². The Morgan fingerprint density at radius 2 is 1.93 bits per heavy atom. The van der Waals surface area contributed by atoms with Gasteiger partial charge in [-0.15, -0.1) is 0 Å². The standard InChI is InChI=1S/C32H39N9O2/c1-22(42)37-8-10-38(11-9-37)26-13-29(32-25(15-33-2)17-36-41(32)21-26)24-5-6-30(34-16-24)39-19-27-12-28(20-39)40(27)18-23-4-7-31(43-3)35-14-23/h4-6,13-14,16-17,21,27-28,31H,2,7-12,15,18-20H2,1,3H3. The Labute approximate surface area is 252 Å². The van der Waals surface area contributed by atoms with Crippen LogP contribution >= 0.6 is 0 Å². The van der Waals surface area contributed by atoms with Gasteiger partial charge in [0.1, 0.15) is 5.82 Å². The Balaban J connectivity index is 1.09. The lowest BCUT2D eigenvalue weighted by Crippen LogP contribution is -2.69. The highest BCUT2D eigenvalue weighted by Gasteiger charge is 2.44. The Bertz CT molecular complexity index is 1560. The van der Waals surface area contributed by atoms with Gasteiger partial charge in [-0.3, -0.25) is 19.7 Å². The molecule has 5 aliphatic rings. The first kappa shape index (κ1) is 27.7. The van der Waals surface area contributed by atoms with Crippen molar-refractivity contribution >= 4 is 35.9 Å². The minimum atomic E-state index is -0.0366. The molecule has 0 radical (unpaired) electrons. The molecule has 0 spiro atoms. The molecule has 1 amide bonds. The van der Waals surface area contributed by atoms with Gasteiger partial charge in [-0.1, -0.05) is 6.08 Å². The van der Waals surface area contributed by atoms with E-state index in [-0.39, 0.29) is 12.1 Å². The van der Waals surface area contributed by atoms with Gasteiger partial charge in [0.15, 0.2) is 6.23 Å². The van der Waals surface area contributed by atoms with Gasteiger partial charge in [-0.05, 0) is 36.9 Å². The number of hydrogen-bond donors (Lipinski definition) is 0. The number of nitrogens with zero attached hydrogens (tertiary/aromatic N) is 9. The third-order valence-corrected chi connectivity index (χ3v) is 9.40. The lowest BCUT2D eigenvalue weighted by molar-refractivity contribution is -0.129. The Morgan fingerprint density at radius 1 is 1.12 bits per heavy atom. The van der Waals surface area contributed by atoms with Gasteiger partial charge >= 0.3 is 0 Å². The van der Waals surface area contributed by atoms with Crippen LogP contribution in [0.25, 0.3) is 16.6 Å². The summed E-state index contributed by atoms with van der Waals surface area (Å²) < 4.78 is 7.29. The largest absolute Gasteiger partial charge is 0.367 e. The Hall–Kier alpha value is -4.09. The molecule has 11 nitrogen and oxygen atoms in total. The topological polar surface area (TPSA) is 94.2 Å². The van der Waals surface area contributed by atoms with E-state index in [1.54, 1.807) is 14.0 Å². The number of carbonyl (C=O) groups excluding carboxylic acids is 1. The van der Waals surface area contributed by atoms with E-state index in [9.17, 15) is 4.79 Å². The number of piperazine rings is 2. The average Bonchev–Trinajstić information content (AvgIpc) is 3.46. The van der Waals surface area contributed by atoms with Crippen LogP contribution in [0.15, 0.2) is 58.4 Å². The van der Waals surface area contributed by atoms with Crippen LogP contribution in [0.1, 0.15) is 25.3 Å². The van der Waals surface area contributed by atoms with Crippen molar-refractivity contribution in [2.75, 3.05) is 62.7 Å². The highest BCUT2D eigenvalue weighted by atomic mass is 16.5. The summed E-state index contributed by atoms with van der Waals surface area (Å²) in [6.07, 6.45) is 12.3. The number of methoxy groups -OCH3 is 1. The van der Waals surface area contributed by atoms with E-state index < -0.39 is 0 Å². The van der Waals surface area contributed by atoms with Crippen molar-refractivity contribution < 1.29 is 9.53 Å². The zero-order chi connectivity index (χ0) is 29.5. The molecule has 0 aromatic carbocycles. The first-order chi connectivity index (χ1) is 21.0. The number of fused-ring (bicyclic) bond motifs is 3. The van der Waals surface area contributed by atoms with Gasteiger partial charge in [-0.2, -0.15) is 5.10 Å². The van der Waals surface area contributed by atoms with Crippen molar-refractivity contribution in [3.05, 3.63) is 54.0 Å². The highest BCUT2D eigenvalue weighted by Crippen LogP contribution is 2.36. The van der Waals surface area contributed by atoms with Gasteiger partial charge in [-0.25, -0.2) is 9.50 Å². The molecule has 3 unspecified atom stereocenters. The normalized spacial score (nSPS) is 23.8. The lowest BCUT2D eigenvalue weighted by Gasteiger charge is -2.57. The number of pyridine rings is 2. The van der Waals surface area contributed by atoms with Gasteiger partial charge in [0, 0.05) is 107 Å². The number of hydrogen-bond acceptors (Lipinski definition) is 9. The number of amides is 1. The second-order valence-electron chi connectivity index (χ2n) is 12.0. The highest BCUT2D eigenvalue weighted by molar-refractivity contribution is 5.85. The number of dihydropyridines is 1. The van der Waals surface area contributed by atoms with Crippen LogP contribution < -0.4 is 9.80 Å². The van der Waals surface area contributed by atoms with Crippen LogP contribution in [-0.4, -0.2) is 114 Å². The van der Waals surface area contributed by atoms with E-state index in [1.807, 2.05) is 28.0 Å². The molecule has 0 aliphatic carbocycles. The second-order valence-corrected chi connectivity index (χ2v) is 12.0. The fraction of sp³-hybridized carbons (Fsp3) is 0.469. The summed E-state index contributed by atoms with van der Waals surface area (Å²) in [5.41, 5.74) is 6.56. The molecule has 43 heavy (non-hydrogen) atoms. The van der Waals surface area contributed by atoms with E-state index >= 15 is 0 Å². The SMILES string of the molecule is C=NCc1cnn2cc(N3CCN(C(C)=O)CC3)cc(-c3ccc(N4CC5CC(C4)N5CC4=CCC(OC)N=C4)nc3)c12. The van der Waals surface area contributed by atoms with E-state index in [0.717, 1.165) is 85.9 Å². The van der Waals surface area contributed by atoms with Crippen molar-refractivity contribution in [3.63, 3.8) is 0 Å². The molecule has 4 saturated heterocycles. The monoisotopic (exact) mass is 581 g/mol. The predicted octanol–water partition coefficient (Wildman–Crippen LogP) is 2.90. The van der Waals surface area contributed by atoms with Crippen LogP contribution in [0.3, 0.4) is 0 Å². The van der Waals surface area contributed by atoms with Gasteiger partial charge in [0.2, 0.25) is 5.91 Å². The van der Waals surface area contributed by atoms with Crippen molar-refractivity contribution in [1.29, 1.82) is 0 Å². The summed E-state index contributed by atoms with van der Waals surface area (Å²) in [4.78, 5) is 34.7. The number of carbonyl (C=O) groups is 1. The van der Waals surface area contributed by atoms with Crippen LogP contribution in [0.5, 0.6) is 0 Å². The molecule has 3 aromatic heterocycles. The summed E-state index contributed by atoms with van der Waals surface area (Å²) >= 11 is 0. The first-order valence-corrected chi connectivity index (χ1v) is 15.2. The number of ether oxygens (including phenoxy) is 1. The van der Waals surface area contributed by atoms with Gasteiger partial charge in [0.05, 0.1) is 30.1 Å². The summed E-state index contributed by atoms with van der Waals surface area (Å²) in [6.45, 7) is 11.8. The summed E-state index contributed by atoms with van der Waals surface area (Å²) in [5.74, 6) is 1.15. The molecule has 224 valence electrons. The number of rotatable bonds is 8. The molecule has 5 aliphatic heterocycles. The van der Waals surface area contributed by atoms with Crippen LogP contribution in [0, 0.1) is 0 Å². The van der Waals surface area contributed by atoms with E-state index in [0.29, 0.717) is 18.6 Å². The van der Waals surface area contributed by atoms with Crippen LogP contribution in [0.2, 0.25) is 0 Å². The minimum Gasteiger partial charge on any atom is -0.367 e. The summed E-state index contributed by atoms with van der Waals surface area (Å²) in [5, 5.41) is 4.67. The molecule has 8 heterocycles. The fourth-order valence-corrected chi connectivity index (χ4v) is 6.96. The predicted molar refractivity (Wildman–Crippen MR) is 169 cm³/mol. The third-order valence-electron chi connectivity index (χ3n) is 9.40. The molecular weight excluding hydrogens is 542 g/mol. The molecule has 11 heteroatoms. The summed E-state index contributed by atoms with van der Waals surface area (Å²) in [6, 6.07) is 7.64. The minimum absolute atomic E-state index is 0.0366. The molecular formula is C32H39N9O2. The van der Waals surface area contributed by atoms with Crippen molar-refractivity contribution in [1.82, 2.24) is 24.4 Å². The maximum atomic E-state index is 11.9. The fourth-order valence-electron chi connectivity index (χ4n) is 6.96. The third kappa shape index (κ3) is 5.31. The molecule has 0 N–H and O–H groups in total. The quantitative estimate of drug-likeness (QED) is 0.378. The first-order valence-electron chi connectivity index (χ1n) is 15.2. The lowest BCUT2D eigenvalue weighted by atomic mass is 9.86. The Morgan fingerprint density at radius 3 is 2.58 bits per heavy atom. The number of aromatic nitrogens is 3. The molecule has 0 saturated carbocycles. The maximum absolute atomic E-state index is 11.9. The molecule has 4 fully saturated rings. The van der Waals surface area contributed by atoms with Gasteiger partial charge < -0.3 is 19.4 Å².